The molecule has 0 amide bonds. The molecule has 0 spiro atoms. The van der Waals surface area contributed by atoms with Crippen molar-refractivity contribution in [3.8, 4) is 0 Å². The van der Waals surface area contributed by atoms with Crippen molar-refractivity contribution in [3.63, 3.8) is 0 Å². The van der Waals surface area contributed by atoms with Gasteiger partial charge in [0.15, 0.2) is 0 Å². The van der Waals surface area contributed by atoms with Gasteiger partial charge in [-0.25, -0.2) is 22.3 Å². The Kier molecular flexibility index (Phi) is 3.21. The van der Waals surface area contributed by atoms with Gasteiger partial charge in [-0.2, -0.15) is 0 Å². The molecule has 0 saturated carbocycles. The van der Waals surface area contributed by atoms with E-state index < -0.39 is 21.7 Å². The lowest BCUT2D eigenvalue weighted by atomic mass is 10.1. The second kappa shape index (κ2) is 4.08. The SMILES string of the molecule is Cc1cc(F)c(C=CS(N)(=O)=O)cc1F. The summed E-state index contributed by atoms with van der Waals surface area (Å²) in [6.45, 7) is 1.41. The van der Waals surface area contributed by atoms with Crippen LogP contribution in [0, 0.1) is 18.6 Å². The number of sulfonamides is 1. The zero-order valence-electron chi connectivity index (χ0n) is 7.87. The number of benzene rings is 1. The minimum Gasteiger partial charge on any atom is -0.225 e. The summed E-state index contributed by atoms with van der Waals surface area (Å²) in [6.07, 6.45) is 0.910. The van der Waals surface area contributed by atoms with Gasteiger partial charge in [0.1, 0.15) is 11.6 Å². The molecule has 1 aromatic carbocycles. The number of rotatable bonds is 2. The first-order valence-electron chi connectivity index (χ1n) is 3.96. The van der Waals surface area contributed by atoms with Gasteiger partial charge >= 0.3 is 0 Å². The Bertz CT molecular complexity index is 509. The normalized spacial score (nSPS) is 12.3. The monoisotopic (exact) mass is 233 g/mol. The van der Waals surface area contributed by atoms with Crippen molar-refractivity contribution < 1.29 is 17.2 Å². The first kappa shape index (κ1) is 11.8. The lowest BCUT2D eigenvalue weighted by Crippen LogP contribution is -2.06. The number of aryl methyl sites for hydroxylation is 1. The van der Waals surface area contributed by atoms with Gasteiger partial charge in [0, 0.05) is 11.0 Å². The van der Waals surface area contributed by atoms with E-state index in [1.807, 2.05) is 0 Å². The van der Waals surface area contributed by atoms with Crippen LogP contribution in [0.5, 0.6) is 0 Å². The van der Waals surface area contributed by atoms with Crippen LogP contribution in [-0.2, 0) is 10.0 Å². The maximum Gasteiger partial charge on any atom is 0.231 e. The zero-order chi connectivity index (χ0) is 11.6. The summed E-state index contributed by atoms with van der Waals surface area (Å²) in [5.74, 6) is -1.31. The molecular weight excluding hydrogens is 224 g/mol. The number of hydrogen-bond donors (Lipinski definition) is 1. The van der Waals surface area contributed by atoms with E-state index in [4.69, 9.17) is 0 Å². The van der Waals surface area contributed by atoms with Gasteiger partial charge in [-0.3, -0.25) is 0 Å². The summed E-state index contributed by atoms with van der Waals surface area (Å²) < 4.78 is 47.2. The molecule has 0 aliphatic rings. The minimum absolute atomic E-state index is 0.153. The van der Waals surface area contributed by atoms with Gasteiger partial charge in [-0.1, -0.05) is 0 Å². The third-order valence-corrected chi connectivity index (χ3v) is 2.23. The molecule has 0 heterocycles. The van der Waals surface area contributed by atoms with Gasteiger partial charge < -0.3 is 0 Å². The van der Waals surface area contributed by atoms with E-state index in [2.05, 4.69) is 5.14 Å². The van der Waals surface area contributed by atoms with Gasteiger partial charge in [-0.05, 0) is 30.7 Å². The summed E-state index contributed by atoms with van der Waals surface area (Å²) in [7, 11) is -3.83. The fourth-order valence-corrected chi connectivity index (χ4v) is 1.29. The number of primary sulfonamides is 1. The molecule has 0 atom stereocenters. The van der Waals surface area contributed by atoms with Crippen molar-refractivity contribution in [2.24, 2.45) is 5.14 Å². The van der Waals surface area contributed by atoms with E-state index in [9.17, 15) is 17.2 Å². The molecule has 0 fully saturated rings. The maximum absolute atomic E-state index is 13.2. The van der Waals surface area contributed by atoms with Crippen LogP contribution in [0.15, 0.2) is 17.5 Å². The van der Waals surface area contributed by atoms with Crippen molar-refractivity contribution in [1.82, 2.24) is 0 Å². The predicted octanol–water partition coefficient (Wildman–Crippen LogP) is 1.53. The smallest absolute Gasteiger partial charge is 0.225 e. The van der Waals surface area contributed by atoms with E-state index in [-0.39, 0.29) is 11.1 Å². The summed E-state index contributed by atoms with van der Waals surface area (Å²) in [5.41, 5.74) is -0.00705. The fourth-order valence-electron chi connectivity index (χ4n) is 0.958. The molecule has 0 saturated heterocycles. The van der Waals surface area contributed by atoms with Gasteiger partial charge in [0.25, 0.3) is 0 Å². The van der Waals surface area contributed by atoms with Crippen LogP contribution < -0.4 is 5.14 Å². The van der Waals surface area contributed by atoms with Gasteiger partial charge in [0.05, 0.1) is 0 Å². The Morgan fingerprint density at radius 3 is 2.40 bits per heavy atom. The molecule has 0 aliphatic heterocycles. The minimum atomic E-state index is -3.83. The zero-order valence-corrected chi connectivity index (χ0v) is 8.68. The average molecular weight is 233 g/mol. The molecule has 0 aliphatic carbocycles. The van der Waals surface area contributed by atoms with Crippen molar-refractivity contribution in [2.75, 3.05) is 0 Å². The average Bonchev–Trinajstić information content (AvgIpc) is 2.07. The Balaban J connectivity index is 3.17. The van der Waals surface area contributed by atoms with Crippen LogP contribution in [0.1, 0.15) is 11.1 Å². The Hall–Kier alpha value is -1.27. The summed E-state index contributed by atoms with van der Waals surface area (Å²) >= 11 is 0. The molecule has 0 aromatic heterocycles. The second-order valence-electron chi connectivity index (χ2n) is 3.01. The van der Waals surface area contributed by atoms with E-state index in [0.717, 1.165) is 18.2 Å². The van der Waals surface area contributed by atoms with Crippen LogP contribution in [0.3, 0.4) is 0 Å². The summed E-state index contributed by atoms with van der Waals surface area (Å²) in [4.78, 5) is 0. The van der Waals surface area contributed by atoms with Crippen molar-refractivity contribution in [2.45, 2.75) is 6.92 Å². The molecule has 3 nitrogen and oxygen atoms in total. The highest BCUT2D eigenvalue weighted by Gasteiger charge is 2.05. The Morgan fingerprint density at radius 1 is 1.27 bits per heavy atom. The van der Waals surface area contributed by atoms with E-state index in [1.165, 1.54) is 6.92 Å². The summed E-state index contributed by atoms with van der Waals surface area (Å²) in [6, 6.07) is 1.89. The van der Waals surface area contributed by atoms with Crippen LogP contribution in [0.25, 0.3) is 6.08 Å². The second-order valence-corrected chi connectivity index (χ2v) is 4.46. The van der Waals surface area contributed by atoms with Crippen molar-refractivity contribution in [1.29, 1.82) is 0 Å². The molecule has 0 unspecified atom stereocenters. The highest BCUT2D eigenvalue weighted by Crippen LogP contribution is 2.15. The maximum atomic E-state index is 13.2. The van der Waals surface area contributed by atoms with Gasteiger partial charge in [-0.15, -0.1) is 0 Å². The third-order valence-electron chi connectivity index (χ3n) is 1.72. The standard InChI is InChI=1S/C9H9F2NO2S/c1-6-4-9(11)7(5-8(6)10)2-3-15(12,13)14/h2-5H,1H3,(H2,12,13,14). The number of hydrogen-bond acceptors (Lipinski definition) is 2. The number of nitrogens with two attached hydrogens (primary N) is 1. The molecule has 0 bridgehead atoms. The quantitative estimate of drug-likeness (QED) is 0.842. The Labute approximate surface area is 86.3 Å². The highest BCUT2D eigenvalue weighted by molar-refractivity contribution is 7.92. The molecule has 0 radical (unpaired) electrons. The van der Waals surface area contributed by atoms with E-state index >= 15 is 0 Å². The lowest BCUT2D eigenvalue weighted by Gasteiger charge is -2.00. The molecule has 2 N–H and O–H groups in total. The molecule has 6 heteroatoms. The van der Waals surface area contributed by atoms with Crippen LogP contribution in [0.2, 0.25) is 0 Å². The predicted molar refractivity (Wildman–Crippen MR) is 53.2 cm³/mol. The topological polar surface area (TPSA) is 60.2 Å². The summed E-state index contributed by atoms with van der Waals surface area (Å²) in [5, 5.41) is 5.28. The fraction of sp³-hybridized carbons (Fsp3) is 0.111. The van der Waals surface area contributed by atoms with Crippen LogP contribution in [0.4, 0.5) is 8.78 Å². The number of halogens is 2. The van der Waals surface area contributed by atoms with E-state index in [1.54, 1.807) is 0 Å². The van der Waals surface area contributed by atoms with E-state index in [0.29, 0.717) is 5.41 Å². The molecule has 1 aromatic rings. The molecular formula is C9H9F2NO2S. The lowest BCUT2D eigenvalue weighted by molar-refractivity contribution is 0.590. The van der Waals surface area contributed by atoms with Crippen molar-refractivity contribution in [3.05, 3.63) is 40.3 Å². The first-order chi connectivity index (χ1) is 6.79. The molecule has 15 heavy (non-hydrogen) atoms. The largest absolute Gasteiger partial charge is 0.231 e. The van der Waals surface area contributed by atoms with Gasteiger partial charge in [0.2, 0.25) is 10.0 Å². The van der Waals surface area contributed by atoms with Crippen LogP contribution in [-0.4, -0.2) is 8.42 Å². The highest BCUT2D eigenvalue weighted by atomic mass is 32.2. The van der Waals surface area contributed by atoms with Crippen LogP contribution >= 0.6 is 0 Å². The third kappa shape index (κ3) is 3.41. The first-order valence-corrected chi connectivity index (χ1v) is 5.57. The molecule has 82 valence electrons. The van der Waals surface area contributed by atoms with Crippen molar-refractivity contribution >= 4 is 16.1 Å². The Morgan fingerprint density at radius 2 is 1.87 bits per heavy atom. The molecule has 1 rings (SSSR count).